The highest BCUT2D eigenvalue weighted by Gasteiger charge is 2.31. The Hall–Kier alpha value is -1.64. The van der Waals surface area contributed by atoms with E-state index in [0.29, 0.717) is 19.5 Å². The quantitative estimate of drug-likeness (QED) is 0.719. The monoisotopic (exact) mass is 402 g/mol. The van der Waals surface area contributed by atoms with Gasteiger partial charge in [0.15, 0.2) is 0 Å². The van der Waals surface area contributed by atoms with Crippen molar-refractivity contribution in [2.45, 2.75) is 25.2 Å². The molecule has 0 radical (unpaired) electrons. The van der Waals surface area contributed by atoms with Crippen LogP contribution in [0.1, 0.15) is 30.6 Å². The Bertz CT molecular complexity index is 794. The van der Waals surface area contributed by atoms with Gasteiger partial charge in [-0.25, -0.2) is 13.2 Å². The summed E-state index contributed by atoms with van der Waals surface area (Å²) in [6, 6.07) is 4.01. The molecule has 1 aromatic carbocycles. The lowest BCUT2D eigenvalue weighted by molar-refractivity contribution is -0.134. The smallest absolute Gasteiger partial charge is 0.337 e. The molecular weight excluding hydrogens is 380 g/mol. The van der Waals surface area contributed by atoms with Crippen LogP contribution in [0, 0.1) is 5.92 Å². The maximum atomic E-state index is 13.0. The molecule has 0 N–H and O–H groups in total. The molecule has 0 saturated carbocycles. The van der Waals surface area contributed by atoms with Crippen molar-refractivity contribution in [3.8, 4) is 0 Å². The van der Waals surface area contributed by atoms with Gasteiger partial charge < -0.3 is 9.64 Å². The highest BCUT2D eigenvalue weighted by molar-refractivity contribution is 7.89. The first kappa shape index (κ1) is 20.7. The zero-order valence-corrected chi connectivity index (χ0v) is 16.6. The molecule has 7 nitrogen and oxygen atoms in total. The normalized spacial score (nSPS) is 16.4. The third kappa shape index (κ3) is 4.36. The third-order valence-electron chi connectivity index (χ3n) is 4.23. The molecular formula is C17H23ClN2O5S. The molecule has 0 aromatic heterocycles. The van der Waals surface area contributed by atoms with E-state index in [9.17, 15) is 18.0 Å². The van der Waals surface area contributed by atoms with E-state index < -0.39 is 16.0 Å². The van der Waals surface area contributed by atoms with Gasteiger partial charge in [-0.2, -0.15) is 4.31 Å². The molecule has 1 heterocycles. The summed E-state index contributed by atoms with van der Waals surface area (Å²) in [6.45, 7) is 4.94. The number of halogens is 1. The van der Waals surface area contributed by atoms with E-state index in [1.165, 1.54) is 29.6 Å². The van der Waals surface area contributed by atoms with Crippen molar-refractivity contribution in [3.63, 3.8) is 0 Å². The molecule has 26 heavy (non-hydrogen) atoms. The van der Waals surface area contributed by atoms with Crippen molar-refractivity contribution in [2.75, 3.05) is 33.3 Å². The van der Waals surface area contributed by atoms with Crippen LogP contribution in [-0.4, -0.2) is 62.8 Å². The molecule has 0 unspecified atom stereocenters. The first-order chi connectivity index (χ1) is 12.2. The molecule has 0 spiro atoms. The molecule has 1 amide bonds. The van der Waals surface area contributed by atoms with Crippen LogP contribution in [0.25, 0.3) is 0 Å². The van der Waals surface area contributed by atoms with Crippen LogP contribution in [0.2, 0.25) is 5.02 Å². The predicted molar refractivity (Wildman–Crippen MR) is 97.6 cm³/mol. The fourth-order valence-corrected chi connectivity index (χ4v) is 4.77. The Kier molecular flexibility index (Phi) is 6.65. The van der Waals surface area contributed by atoms with Crippen LogP contribution in [-0.2, 0) is 19.6 Å². The summed E-state index contributed by atoms with van der Waals surface area (Å²) in [5, 5.41) is 0.0389. The number of nitrogens with zero attached hydrogens (tertiary/aromatic N) is 2. The maximum absolute atomic E-state index is 13.0. The molecule has 1 aliphatic heterocycles. The summed E-state index contributed by atoms with van der Waals surface area (Å²) in [7, 11) is -2.67. The van der Waals surface area contributed by atoms with E-state index in [4.69, 9.17) is 11.6 Å². The highest BCUT2D eigenvalue weighted by atomic mass is 35.5. The van der Waals surface area contributed by atoms with Crippen LogP contribution in [0.3, 0.4) is 0 Å². The number of benzene rings is 1. The predicted octanol–water partition coefficient (Wildman–Crippen LogP) is 2.01. The molecule has 0 bridgehead atoms. The first-order valence-electron chi connectivity index (χ1n) is 8.35. The summed E-state index contributed by atoms with van der Waals surface area (Å²) in [5.41, 5.74) is 0.113. The van der Waals surface area contributed by atoms with E-state index >= 15 is 0 Å². The number of sulfonamides is 1. The third-order valence-corrected chi connectivity index (χ3v) is 6.61. The SMILES string of the molecule is COC(=O)c1ccc(Cl)c(S(=O)(=O)N2CCCN(C(=O)C(C)C)CC2)c1. The number of carbonyl (C=O) groups excluding carboxylic acids is 2. The second kappa shape index (κ2) is 8.37. The van der Waals surface area contributed by atoms with Crippen LogP contribution >= 0.6 is 11.6 Å². The van der Waals surface area contributed by atoms with Gasteiger partial charge in [0, 0.05) is 32.1 Å². The minimum atomic E-state index is -3.89. The number of hydrogen-bond acceptors (Lipinski definition) is 5. The van der Waals surface area contributed by atoms with Crippen LogP contribution in [0.4, 0.5) is 0 Å². The number of methoxy groups -OCH3 is 1. The lowest BCUT2D eigenvalue weighted by atomic mass is 10.2. The average Bonchev–Trinajstić information content (AvgIpc) is 2.87. The molecule has 9 heteroatoms. The molecule has 0 atom stereocenters. The fourth-order valence-electron chi connectivity index (χ4n) is 2.80. The van der Waals surface area contributed by atoms with Crippen molar-refractivity contribution in [1.82, 2.24) is 9.21 Å². The Morgan fingerprint density at radius 1 is 1.15 bits per heavy atom. The van der Waals surface area contributed by atoms with Crippen molar-refractivity contribution in [2.24, 2.45) is 5.92 Å². The number of amides is 1. The summed E-state index contributed by atoms with van der Waals surface area (Å²) in [4.78, 5) is 25.4. The summed E-state index contributed by atoms with van der Waals surface area (Å²) in [5.74, 6) is -0.762. The highest BCUT2D eigenvalue weighted by Crippen LogP contribution is 2.27. The van der Waals surface area contributed by atoms with E-state index in [-0.39, 0.29) is 40.4 Å². The Labute approximate surface area is 158 Å². The van der Waals surface area contributed by atoms with Gasteiger partial charge in [-0.05, 0) is 24.6 Å². The lowest BCUT2D eigenvalue weighted by Gasteiger charge is -2.23. The largest absolute Gasteiger partial charge is 0.465 e. The molecule has 1 fully saturated rings. The van der Waals surface area contributed by atoms with Gasteiger partial charge in [-0.15, -0.1) is 0 Å². The second-order valence-electron chi connectivity index (χ2n) is 6.37. The minimum absolute atomic E-state index is 0.00923. The zero-order chi connectivity index (χ0) is 19.5. The topological polar surface area (TPSA) is 84.0 Å². The van der Waals surface area contributed by atoms with Crippen LogP contribution in [0.15, 0.2) is 23.1 Å². The van der Waals surface area contributed by atoms with E-state index in [2.05, 4.69) is 4.74 Å². The number of ether oxygens (including phenoxy) is 1. The summed E-state index contributed by atoms with van der Waals surface area (Å²) in [6.07, 6.45) is 0.534. The molecule has 0 aliphatic carbocycles. The molecule has 144 valence electrons. The van der Waals surface area contributed by atoms with E-state index in [1.54, 1.807) is 4.90 Å². The maximum Gasteiger partial charge on any atom is 0.337 e. The Morgan fingerprint density at radius 3 is 2.46 bits per heavy atom. The molecule has 1 aliphatic rings. The van der Waals surface area contributed by atoms with Gasteiger partial charge in [0.05, 0.1) is 17.7 Å². The van der Waals surface area contributed by atoms with Crippen molar-refractivity contribution >= 4 is 33.5 Å². The molecule has 2 rings (SSSR count). The van der Waals surface area contributed by atoms with E-state index in [1.807, 2.05) is 13.8 Å². The fraction of sp³-hybridized carbons (Fsp3) is 0.529. The van der Waals surface area contributed by atoms with Gasteiger partial charge in [-0.1, -0.05) is 25.4 Å². The standard InChI is InChI=1S/C17H23ClN2O5S/c1-12(2)16(21)19-7-4-8-20(10-9-19)26(23,24)15-11-13(17(22)25-3)5-6-14(15)18/h5-6,11-12H,4,7-10H2,1-3H3. The van der Waals surface area contributed by atoms with Gasteiger partial charge in [0.1, 0.15) is 4.90 Å². The Balaban J connectivity index is 2.28. The number of carbonyl (C=O) groups is 2. The van der Waals surface area contributed by atoms with Crippen LogP contribution < -0.4 is 0 Å². The summed E-state index contributed by atoms with van der Waals surface area (Å²) >= 11 is 6.09. The average molecular weight is 403 g/mol. The molecule has 1 aromatic rings. The summed E-state index contributed by atoms with van der Waals surface area (Å²) < 4.78 is 32.0. The zero-order valence-electron chi connectivity index (χ0n) is 15.1. The van der Waals surface area contributed by atoms with Crippen molar-refractivity contribution in [3.05, 3.63) is 28.8 Å². The Morgan fingerprint density at radius 2 is 1.85 bits per heavy atom. The number of rotatable bonds is 4. The number of esters is 1. The minimum Gasteiger partial charge on any atom is -0.465 e. The second-order valence-corrected chi connectivity index (χ2v) is 8.69. The van der Waals surface area contributed by atoms with Gasteiger partial charge in [-0.3, -0.25) is 4.79 Å². The van der Waals surface area contributed by atoms with Crippen molar-refractivity contribution < 1.29 is 22.7 Å². The van der Waals surface area contributed by atoms with Gasteiger partial charge in [0.2, 0.25) is 15.9 Å². The van der Waals surface area contributed by atoms with Crippen LogP contribution in [0.5, 0.6) is 0 Å². The van der Waals surface area contributed by atoms with E-state index in [0.717, 1.165) is 0 Å². The van der Waals surface area contributed by atoms with Gasteiger partial charge in [0.25, 0.3) is 0 Å². The van der Waals surface area contributed by atoms with Crippen molar-refractivity contribution in [1.29, 1.82) is 0 Å². The number of hydrogen-bond donors (Lipinski definition) is 0. The first-order valence-corrected chi connectivity index (χ1v) is 10.2. The van der Waals surface area contributed by atoms with Gasteiger partial charge >= 0.3 is 5.97 Å². The lowest BCUT2D eigenvalue weighted by Crippen LogP contribution is -2.39. The molecule has 1 saturated heterocycles.